The van der Waals surface area contributed by atoms with Crippen molar-refractivity contribution in [3.8, 4) is 11.1 Å². The second kappa shape index (κ2) is 4.45. The minimum absolute atomic E-state index is 0.109. The van der Waals surface area contributed by atoms with Crippen LogP contribution in [0.4, 0.5) is 4.39 Å². The first-order valence-corrected chi connectivity index (χ1v) is 6.10. The molecule has 0 bridgehead atoms. The molecule has 3 rings (SSSR count). The summed E-state index contributed by atoms with van der Waals surface area (Å²) in [5.41, 5.74) is 7.92. The van der Waals surface area contributed by atoms with Crippen molar-refractivity contribution < 1.29 is 9.18 Å². The van der Waals surface area contributed by atoms with Crippen molar-refractivity contribution in [2.45, 2.75) is 6.92 Å². The Morgan fingerprint density at radius 1 is 1.30 bits per heavy atom. The Morgan fingerprint density at radius 3 is 2.85 bits per heavy atom. The Bertz CT molecular complexity index is 823. The lowest BCUT2D eigenvalue weighted by Crippen LogP contribution is -2.13. The van der Waals surface area contributed by atoms with Crippen LogP contribution in [0.5, 0.6) is 0 Å². The van der Waals surface area contributed by atoms with Crippen molar-refractivity contribution in [2.24, 2.45) is 5.73 Å². The number of hydrogen-bond donors (Lipinski definition) is 1. The molecular formula is C15H12FN3O. The van der Waals surface area contributed by atoms with Crippen LogP contribution >= 0.6 is 0 Å². The predicted octanol–water partition coefficient (Wildman–Crippen LogP) is 2.55. The van der Waals surface area contributed by atoms with Gasteiger partial charge >= 0.3 is 0 Å². The van der Waals surface area contributed by atoms with Gasteiger partial charge in [-0.2, -0.15) is 5.10 Å². The molecule has 0 radical (unpaired) electrons. The molecule has 1 aromatic carbocycles. The molecule has 4 nitrogen and oxygen atoms in total. The number of aromatic nitrogens is 2. The summed E-state index contributed by atoms with van der Waals surface area (Å²) in [5, 5.41) is 4.14. The molecule has 0 aliphatic heterocycles. The standard InChI is InChI=1S/C15H12FN3O/c1-9-7-10-5-6-18-19(10)8-13(9)11-3-2-4-12(14(11)16)15(17)20/h2-8H,1H3,(H2,17,20). The molecule has 0 fully saturated rings. The van der Waals surface area contributed by atoms with Gasteiger partial charge in [0.2, 0.25) is 0 Å². The molecule has 5 heteroatoms. The molecule has 0 saturated heterocycles. The molecule has 0 aliphatic rings. The number of fused-ring (bicyclic) bond motifs is 1. The zero-order valence-corrected chi connectivity index (χ0v) is 10.8. The quantitative estimate of drug-likeness (QED) is 0.777. The van der Waals surface area contributed by atoms with Gasteiger partial charge in [-0.3, -0.25) is 4.79 Å². The average molecular weight is 269 g/mol. The highest BCUT2D eigenvalue weighted by Crippen LogP contribution is 2.28. The van der Waals surface area contributed by atoms with E-state index >= 15 is 0 Å². The normalized spacial score (nSPS) is 10.9. The van der Waals surface area contributed by atoms with Gasteiger partial charge in [-0.05, 0) is 30.7 Å². The third kappa shape index (κ3) is 1.84. The first kappa shape index (κ1) is 12.3. The molecule has 2 N–H and O–H groups in total. The van der Waals surface area contributed by atoms with Crippen LogP contribution in [0, 0.1) is 12.7 Å². The maximum absolute atomic E-state index is 14.4. The third-order valence-electron chi connectivity index (χ3n) is 3.30. The highest BCUT2D eigenvalue weighted by atomic mass is 19.1. The maximum Gasteiger partial charge on any atom is 0.251 e. The number of carbonyl (C=O) groups excluding carboxylic acids is 1. The lowest BCUT2D eigenvalue weighted by Gasteiger charge is -2.10. The summed E-state index contributed by atoms with van der Waals surface area (Å²) in [7, 11) is 0. The average Bonchev–Trinajstić information content (AvgIpc) is 2.85. The fraction of sp³-hybridized carbons (Fsp3) is 0.0667. The zero-order valence-electron chi connectivity index (χ0n) is 10.8. The lowest BCUT2D eigenvalue weighted by atomic mass is 9.99. The first-order chi connectivity index (χ1) is 9.58. The minimum Gasteiger partial charge on any atom is -0.366 e. The monoisotopic (exact) mass is 269 g/mol. The van der Waals surface area contributed by atoms with Gasteiger partial charge < -0.3 is 5.73 Å². The summed E-state index contributed by atoms with van der Waals surface area (Å²) >= 11 is 0. The number of halogens is 1. The molecule has 1 amide bonds. The van der Waals surface area contributed by atoms with Gasteiger partial charge in [0.25, 0.3) is 5.91 Å². The topological polar surface area (TPSA) is 60.4 Å². The Labute approximate surface area is 114 Å². The first-order valence-electron chi connectivity index (χ1n) is 6.10. The Kier molecular flexibility index (Phi) is 2.75. The van der Waals surface area contributed by atoms with Crippen molar-refractivity contribution >= 4 is 11.4 Å². The van der Waals surface area contributed by atoms with E-state index in [0.717, 1.165) is 11.1 Å². The van der Waals surface area contributed by atoms with Crippen LogP contribution in [0.2, 0.25) is 0 Å². The van der Waals surface area contributed by atoms with E-state index < -0.39 is 11.7 Å². The summed E-state index contributed by atoms with van der Waals surface area (Å²) in [6.07, 6.45) is 3.42. The van der Waals surface area contributed by atoms with E-state index in [2.05, 4.69) is 5.10 Å². The van der Waals surface area contributed by atoms with E-state index in [1.807, 2.05) is 19.1 Å². The van der Waals surface area contributed by atoms with Gasteiger partial charge in [0.15, 0.2) is 0 Å². The fourth-order valence-electron chi connectivity index (χ4n) is 2.28. The Morgan fingerprint density at radius 2 is 2.10 bits per heavy atom. The van der Waals surface area contributed by atoms with Crippen molar-refractivity contribution in [2.75, 3.05) is 0 Å². The summed E-state index contributed by atoms with van der Waals surface area (Å²) in [6.45, 7) is 1.89. The van der Waals surface area contributed by atoms with Gasteiger partial charge in [0.05, 0.1) is 11.1 Å². The second-order valence-electron chi connectivity index (χ2n) is 4.60. The van der Waals surface area contributed by atoms with Crippen LogP contribution in [0.1, 0.15) is 15.9 Å². The molecule has 0 aliphatic carbocycles. The molecule has 0 unspecified atom stereocenters. The zero-order chi connectivity index (χ0) is 14.3. The number of hydrogen-bond acceptors (Lipinski definition) is 2. The molecule has 2 aromatic heterocycles. The number of pyridine rings is 1. The molecule has 0 saturated carbocycles. The Balaban J connectivity index is 2.27. The van der Waals surface area contributed by atoms with E-state index in [0.29, 0.717) is 11.1 Å². The van der Waals surface area contributed by atoms with Gasteiger partial charge in [0, 0.05) is 23.5 Å². The van der Waals surface area contributed by atoms with Gasteiger partial charge in [-0.25, -0.2) is 8.91 Å². The molecule has 3 aromatic rings. The van der Waals surface area contributed by atoms with Crippen molar-refractivity contribution in [3.63, 3.8) is 0 Å². The van der Waals surface area contributed by atoms with Crippen LogP contribution in [-0.2, 0) is 0 Å². The summed E-state index contributed by atoms with van der Waals surface area (Å²) in [5.74, 6) is -1.38. The number of nitrogens with zero attached hydrogens (tertiary/aromatic N) is 2. The SMILES string of the molecule is Cc1cc2ccnn2cc1-c1cccc(C(N)=O)c1F. The molecule has 0 spiro atoms. The van der Waals surface area contributed by atoms with Gasteiger partial charge in [0.1, 0.15) is 5.82 Å². The van der Waals surface area contributed by atoms with Crippen LogP contribution < -0.4 is 5.73 Å². The largest absolute Gasteiger partial charge is 0.366 e. The third-order valence-corrected chi connectivity index (χ3v) is 3.30. The number of primary amides is 1. The summed E-state index contributed by atoms with van der Waals surface area (Å²) in [4.78, 5) is 11.2. The Hall–Kier alpha value is -2.69. The van der Waals surface area contributed by atoms with Gasteiger partial charge in [-0.15, -0.1) is 0 Å². The van der Waals surface area contributed by atoms with Crippen LogP contribution in [-0.4, -0.2) is 15.5 Å². The molecule has 20 heavy (non-hydrogen) atoms. The molecule has 100 valence electrons. The van der Waals surface area contributed by atoms with Crippen LogP contribution in [0.3, 0.4) is 0 Å². The van der Waals surface area contributed by atoms with Crippen molar-refractivity contribution in [1.29, 1.82) is 0 Å². The van der Waals surface area contributed by atoms with E-state index in [9.17, 15) is 9.18 Å². The number of nitrogens with two attached hydrogens (primary N) is 1. The van der Waals surface area contributed by atoms with E-state index in [1.54, 1.807) is 29.0 Å². The van der Waals surface area contributed by atoms with Gasteiger partial charge in [-0.1, -0.05) is 12.1 Å². The minimum atomic E-state index is -0.776. The summed E-state index contributed by atoms with van der Waals surface area (Å²) in [6, 6.07) is 8.40. The van der Waals surface area contributed by atoms with Crippen LogP contribution in [0.15, 0.2) is 42.7 Å². The van der Waals surface area contributed by atoms with Crippen LogP contribution in [0.25, 0.3) is 16.6 Å². The number of rotatable bonds is 2. The highest BCUT2D eigenvalue weighted by molar-refractivity contribution is 5.94. The molecular weight excluding hydrogens is 257 g/mol. The number of aryl methyl sites for hydroxylation is 1. The molecule has 0 atom stereocenters. The molecule has 2 heterocycles. The van der Waals surface area contributed by atoms with E-state index in [4.69, 9.17) is 5.73 Å². The number of carbonyl (C=O) groups is 1. The smallest absolute Gasteiger partial charge is 0.251 e. The fourth-order valence-corrected chi connectivity index (χ4v) is 2.28. The van der Waals surface area contributed by atoms with Crippen molar-refractivity contribution in [3.05, 3.63) is 59.7 Å². The predicted molar refractivity (Wildman–Crippen MR) is 73.8 cm³/mol. The highest BCUT2D eigenvalue weighted by Gasteiger charge is 2.15. The van der Waals surface area contributed by atoms with E-state index in [1.165, 1.54) is 6.07 Å². The maximum atomic E-state index is 14.4. The van der Waals surface area contributed by atoms with Crippen molar-refractivity contribution in [1.82, 2.24) is 9.61 Å². The number of amides is 1. The summed E-state index contributed by atoms with van der Waals surface area (Å²) < 4.78 is 16.0. The van der Waals surface area contributed by atoms with E-state index in [-0.39, 0.29) is 5.56 Å². The number of benzene rings is 1. The lowest BCUT2D eigenvalue weighted by molar-refractivity contribution is 0.0996. The second-order valence-corrected chi connectivity index (χ2v) is 4.60.